The van der Waals surface area contributed by atoms with Crippen LogP contribution in [0.15, 0.2) is 72.8 Å². The van der Waals surface area contributed by atoms with Crippen LogP contribution in [0.3, 0.4) is 0 Å². The number of halogens is 3. The van der Waals surface area contributed by atoms with Crippen LogP contribution in [0.4, 0.5) is 13.2 Å². The Morgan fingerprint density at radius 3 is 2.52 bits per heavy atom. The van der Waals surface area contributed by atoms with Crippen LogP contribution in [0.1, 0.15) is 22.3 Å². The van der Waals surface area contributed by atoms with Gasteiger partial charge >= 0.3 is 6.18 Å². The Morgan fingerprint density at radius 2 is 1.83 bits per heavy atom. The topological polar surface area (TPSA) is 52.9 Å². The number of nitrogens with zero attached hydrogens (tertiary/aromatic N) is 1. The zero-order valence-electron chi connectivity index (χ0n) is 15.3. The van der Waals surface area contributed by atoms with Gasteiger partial charge in [0.25, 0.3) is 5.91 Å². The molecule has 3 nitrogen and oxygen atoms in total. The van der Waals surface area contributed by atoms with Gasteiger partial charge in [0, 0.05) is 18.2 Å². The fourth-order valence-corrected chi connectivity index (χ4v) is 3.02. The van der Waals surface area contributed by atoms with Gasteiger partial charge in [-0.15, -0.1) is 0 Å². The number of rotatable bonds is 5. The first kappa shape index (κ1) is 20.2. The molecule has 0 saturated carbocycles. The Morgan fingerprint density at radius 1 is 1.07 bits per heavy atom. The van der Waals surface area contributed by atoms with Crippen molar-refractivity contribution in [2.45, 2.75) is 12.6 Å². The summed E-state index contributed by atoms with van der Waals surface area (Å²) in [5.74, 6) is -0.225. The summed E-state index contributed by atoms with van der Waals surface area (Å²) < 4.78 is 38.4. The first-order valence-electron chi connectivity index (χ1n) is 8.93. The normalized spacial score (nSPS) is 11.5. The largest absolute Gasteiger partial charge is 0.416 e. The molecule has 0 aliphatic carbocycles. The average Bonchev–Trinajstić information content (AvgIpc) is 2.72. The van der Waals surface area contributed by atoms with Gasteiger partial charge in [-0.3, -0.25) is 4.79 Å². The minimum absolute atomic E-state index is 0.225. The molecule has 3 rings (SSSR count). The Bertz CT molecular complexity index is 1090. The number of carbonyl (C=O) groups excluding carboxylic acids is 1. The van der Waals surface area contributed by atoms with Crippen LogP contribution in [0, 0.1) is 11.3 Å². The molecule has 3 aromatic carbocycles. The van der Waals surface area contributed by atoms with E-state index in [-0.39, 0.29) is 5.91 Å². The summed E-state index contributed by atoms with van der Waals surface area (Å²) in [6.07, 6.45) is -0.767. The molecular formula is C23H17F3N2O. The summed E-state index contributed by atoms with van der Waals surface area (Å²) in [4.78, 5) is 12.3. The number of amides is 1. The van der Waals surface area contributed by atoms with E-state index in [9.17, 15) is 18.0 Å². The molecule has 3 aromatic rings. The van der Waals surface area contributed by atoms with Crippen molar-refractivity contribution in [1.82, 2.24) is 5.32 Å². The first-order valence-corrected chi connectivity index (χ1v) is 8.93. The Balaban J connectivity index is 1.84. The second-order valence-corrected chi connectivity index (χ2v) is 6.39. The quantitative estimate of drug-likeness (QED) is 0.444. The van der Waals surface area contributed by atoms with Crippen molar-refractivity contribution in [3.63, 3.8) is 0 Å². The number of nitriles is 1. The highest BCUT2D eigenvalue weighted by Gasteiger charge is 2.30. The molecule has 0 unspecified atom stereocenters. The molecule has 0 bridgehead atoms. The van der Waals surface area contributed by atoms with Crippen molar-refractivity contribution in [1.29, 1.82) is 5.26 Å². The second kappa shape index (κ2) is 8.61. The van der Waals surface area contributed by atoms with Gasteiger partial charge in [0.15, 0.2) is 0 Å². The molecule has 1 amide bonds. The van der Waals surface area contributed by atoms with Gasteiger partial charge in [-0.2, -0.15) is 18.4 Å². The van der Waals surface area contributed by atoms with Crippen molar-refractivity contribution in [2.24, 2.45) is 0 Å². The number of allylic oxidation sites excluding steroid dienone is 1. The average molecular weight is 394 g/mol. The van der Waals surface area contributed by atoms with Gasteiger partial charge in [0.05, 0.1) is 11.6 Å². The Kier molecular flexibility index (Phi) is 5.99. The summed E-state index contributed by atoms with van der Waals surface area (Å²) in [7, 11) is 0. The highest BCUT2D eigenvalue weighted by molar-refractivity contribution is 6.02. The molecular weight excluding hydrogens is 377 g/mol. The summed E-state index contributed by atoms with van der Waals surface area (Å²) in [6, 6.07) is 17.7. The standard InChI is InChI=1S/C23H17F3N2O/c24-23(25,26)19-10-7-16(8-11-19)20-6-4-5-17-15-18(9-12-21(17)20)22(29)28-14-3-1-2-13-27/h1-2,4-12,15H,3,14H2,(H,28,29)/b2-1+. The van der Waals surface area contributed by atoms with Crippen molar-refractivity contribution in [3.05, 3.63) is 83.9 Å². The lowest BCUT2D eigenvalue weighted by molar-refractivity contribution is -0.137. The number of carbonyl (C=O) groups is 1. The van der Waals surface area contributed by atoms with E-state index in [0.717, 1.165) is 28.5 Å². The molecule has 0 aliphatic heterocycles. The van der Waals surface area contributed by atoms with Crippen molar-refractivity contribution < 1.29 is 18.0 Å². The summed E-state index contributed by atoms with van der Waals surface area (Å²) in [5, 5.41) is 12.9. The number of alkyl halides is 3. The molecule has 1 N–H and O–H groups in total. The fraction of sp³-hybridized carbons (Fsp3) is 0.130. The predicted octanol–water partition coefficient (Wildman–Crippen LogP) is 5.73. The van der Waals surface area contributed by atoms with Crippen molar-refractivity contribution in [2.75, 3.05) is 6.54 Å². The zero-order valence-corrected chi connectivity index (χ0v) is 15.3. The third kappa shape index (κ3) is 4.82. The van der Waals surface area contributed by atoms with Crippen LogP contribution in [0.2, 0.25) is 0 Å². The molecule has 0 fully saturated rings. The molecule has 6 heteroatoms. The maximum atomic E-state index is 12.8. The van der Waals surface area contributed by atoms with Crippen LogP contribution in [0.5, 0.6) is 0 Å². The molecule has 0 aromatic heterocycles. The van der Waals surface area contributed by atoms with E-state index in [0.29, 0.717) is 24.1 Å². The molecule has 0 spiro atoms. The lowest BCUT2D eigenvalue weighted by Gasteiger charge is -2.11. The minimum atomic E-state index is -4.37. The molecule has 29 heavy (non-hydrogen) atoms. The van der Waals surface area contributed by atoms with E-state index >= 15 is 0 Å². The van der Waals surface area contributed by atoms with Gasteiger partial charge in [0.1, 0.15) is 0 Å². The van der Waals surface area contributed by atoms with Crippen LogP contribution < -0.4 is 5.32 Å². The molecule has 0 radical (unpaired) electrons. The molecule has 0 saturated heterocycles. The Labute approximate surface area is 166 Å². The number of hydrogen-bond donors (Lipinski definition) is 1. The lowest BCUT2D eigenvalue weighted by Crippen LogP contribution is -2.24. The molecule has 0 atom stereocenters. The van der Waals surface area contributed by atoms with Gasteiger partial charge in [-0.05, 0) is 52.6 Å². The summed E-state index contributed by atoms with van der Waals surface area (Å²) in [5.41, 5.74) is 1.27. The van der Waals surface area contributed by atoms with E-state index in [1.165, 1.54) is 18.2 Å². The SMILES string of the molecule is N#C/C=C/CCNC(=O)c1ccc2c(-c3ccc(C(F)(F)F)cc3)cccc2c1. The smallest absolute Gasteiger partial charge is 0.352 e. The summed E-state index contributed by atoms with van der Waals surface area (Å²) in [6.45, 7) is 0.417. The van der Waals surface area contributed by atoms with E-state index in [1.807, 2.05) is 24.3 Å². The number of hydrogen-bond acceptors (Lipinski definition) is 2. The van der Waals surface area contributed by atoms with E-state index < -0.39 is 11.7 Å². The Hall–Kier alpha value is -3.59. The fourth-order valence-electron chi connectivity index (χ4n) is 3.02. The van der Waals surface area contributed by atoms with Crippen LogP contribution >= 0.6 is 0 Å². The van der Waals surface area contributed by atoms with E-state index in [2.05, 4.69) is 5.32 Å². The first-order chi connectivity index (χ1) is 13.9. The molecule has 0 aliphatic rings. The second-order valence-electron chi connectivity index (χ2n) is 6.39. The lowest BCUT2D eigenvalue weighted by atomic mass is 9.96. The van der Waals surface area contributed by atoms with Gasteiger partial charge in [-0.1, -0.05) is 42.5 Å². The maximum Gasteiger partial charge on any atom is 0.416 e. The minimum Gasteiger partial charge on any atom is -0.352 e. The molecule has 0 heterocycles. The van der Waals surface area contributed by atoms with Gasteiger partial charge in [-0.25, -0.2) is 0 Å². The van der Waals surface area contributed by atoms with Crippen LogP contribution in [0.25, 0.3) is 21.9 Å². The van der Waals surface area contributed by atoms with Crippen LogP contribution in [-0.2, 0) is 6.18 Å². The maximum absolute atomic E-state index is 12.8. The third-order valence-electron chi connectivity index (χ3n) is 4.45. The van der Waals surface area contributed by atoms with E-state index in [4.69, 9.17) is 5.26 Å². The third-order valence-corrected chi connectivity index (χ3v) is 4.45. The van der Waals surface area contributed by atoms with Crippen LogP contribution in [-0.4, -0.2) is 12.5 Å². The number of nitrogens with one attached hydrogen (secondary N) is 1. The van der Waals surface area contributed by atoms with Gasteiger partial charge < -0.3 is 5.32 Å². The van der Waals surface area contributed by atoms with Gasteiger partial charge in [0.2, 0.25) is 0 Å². The highest BCUT2D eigenvalue weighted by atomic mass is 19.4. The number of fused-ring (bicyclic) bond motifs is 1. The summed E-state index contributed by atoms with van der Waals surface area (Å²) >= 11 is 0. The monoisotopic (exact) mass is 394 g/mol. The zero-order chi connectivity index (χ0) is 20.9. The predicted molar refractivity (Wildman–Crippen MR) is 106 cm³/mol. The number of benzene rings is 3. The highest BCUT2D eigenvalue weighted by Crippen LogP contribution is 2.33. The van der Waals surface area contributed by atoms with E-state index in [1.54, 1.807) is 24.3 Å². The van der Waals surface area contributed by atoms with Crippen molar-refractivity contribution >= 4 is 16.7 Å². The van der Waals surface area contributed by atoms with Crippen molar-refractivity contribution in [3.8, 4) is 17.2 Å². The molecule has 146 valence electrons.